The SMILES string of the molecule is CC(C)(O)c1nc2cc3nc(N4CCOCC4)oc3cc2cc1N. The summed E-state index contributed by atoms with van der Waals surface area (Å²) >= 11 is 0. The number of benzene rings is 1. The van der Waals surface area contributed by atoms with Gasteiger partial charge in [-0.05, 0) is 32.0 Å². The van der Waals surface area contributed by atoms with Crippen LogP contribution in [0.3, 0.4) is 0 Å². The molecule has 7 nitrogen and oxygen atoms in total. The molecule has 126 valence electrons. The number of nitrogens with two attached hydrogens (primary N) is 1. The molecule has 1 fully saturated rings. The molecule has 1 saturated heterocycles. The van der Waals surface area contributed by atoms with E-state index in [0.29, 0.717) is 36.2 Å². The number of morpholine rings is 1. The van der Waals surface area contributed by atoms with Crippen molar-refractivity contribution in [3.63, 3.8) is 0 Å². The molecule has 2 aromatic heterocycles. The van der Waals surface area contributed by atoms with Crippen molar-refractivity contribution in [3.8, 4) is 0 Å². The largest absolute Gasteiger partial charge is 0.423 e. The van der Waals surface area contributed by atoms with Gasteiger partial charge in [-0.2, -0.15) is 4.98 Å². The zero-order chi connectivity index (χ0) is 16.9. The van der Waals surface area contributed by atoms with Crippen molar-refractivity contribution in [2.75, 3.05) is 36.9 Å². The molecule has 0 spiro atoms. The lowest BCUT2D eigenvalue weighted by Crippen LogP contribution is -2.36. The predicted molar refractivity (Wildman–Crippen MR) is 92.0 cm³/mol. The van der Waals surface area contributed by atoms with Crippen molar-refractivity contribution in [3.05, 3.63) is 23.9 Å². The van der Waals surface area contributed by atoms with Crippen LogP contribution in [0.5, 0.6) is 0 Å². The average molecular weight is 328 g/mol. The smallest absolute Gasteiger partial charge is 0.298 e. The number of fused-ring (bicyclic) bond motifs is 2. The molecule has 3 heterocycles. The fourth-order valence-corrected chi connectivity index (χ4v) is 2.98. The van der Waals surface area contributed by atoms with E-state index in [4.69, 9.17) is 14.9 Å². The van der Waals surface area contributed by atoms with E-state index in [9.17, 15) is 5.11 Å². The molecule has 0 bridgehead atoms. The van der Waals surface area contributed by atoms with E-state index in [0.717, 1.165) is 29.5 Å². The van der Waals surface area contributed by atoms with Crippen molar-refractivity contribution in [1.82, 2.24) is 9.97 Å². The van der Waals surface area contributed by atoms with E-state index in [1.54, 1.807) is 13.8 Å². The van der Waals surface area contributed by atoms with Crippen molar-refractivity contribution < 1.29 is 14.3 Å². The maximum Gasteiger partial charge on any atom is 0.298 e. The molecular weight excluding hydrogens is 308 g/mol. The Kier molecular flexibility index (Phi) is 3.36. The van der Waals surface area contributed by atoms with Gasteiger partial charge in [0, 0.05) is 18.5 Å². The van der Waals surface area contributed by atoms with Crippen LogP contribution in [-0.4, -0.2) is 41.4 Å². The number of hydrogen-bond acceptors (Lipinski definition) is 7. The average Bonchev–Trinajstić information content (AvgIpc) is 2.94. The molecule has 3 aromatic rings. The van der Waals surface area contributed by atoms with Crippen molar-refractivity contribution >= 4 is 33.7 Å². The van der Waals surface area contributed by atoms with Gasteiger partial charge in [-0.3, -0.25) is 0 Å². The number of ether oxygens (including phenoxy) is 1. The molecule has 4 rings (SSSR count). The highest BCUT2D eigenvalue weighted by Crippen LogP contribution is 2.31. The summed E-state index contributed by atoms with van der Waals surface area (Å²) in [5.41, 5.74) is 8.04. The maximum absolute atomic E-state index is 10.2. The Morgan fingerprint density at radius 2 is 1.88 bits per heavy atom. The van der Waals surface area contributed by atoms with Crippen LogP contribution >= 0.6 is 0 Å². The molecule has 0 unspecified atom stereocenters. The lowest BCUT2D eigenvalue weighted by molar-refractivity contribution is 0.0751. The zero-order valence-electron chi connectivity index (χ0n) is 13.7. The molecule has 7 heteroatoms. The van der Waals surface area contributed by atoms with Gasteiger partial charge in [0.1, 0.15) is 11.1 Å². The normalized spacial score (nSPS) is 16.2. The number of aromatic nitrogens is 2. The third-order valence-corrected chi connectivity index (χ3v) is 4.20. The Balaban J connectivity index is 1.83. The molecule has 3 N–H and O–H groups in total. The standard InChI is InChI=1S/C17H20N4O3/c1-17(2,22)15-11(18)7-10-8-14-13(9-12(10)19-15)20-16(24-14)21-3-5-23-6-4-21/h7-9,22H,3-6,18H2,1-2H3. The van der Waals surface area contributed by atoms with Gasteiger partial charge < -0.3 is 24.9 Å². The van der Waals surface area contributed by atoms with Gasteiger partial charge in [0.15, 0.2) is 5.58 Å². The number of nitrogens with zero attached hydrogens (tertiary/aromatic N) is 3. The summed E-state index contributed by atoms with van der Waals surface area (Å²) < 4.78 is 11.3. The van der Waals surface area contributed by atoms with E-state index < -0.39 is 5.60 Å². The number of anilines is 2. The fourth-order valence-electron chi connectivity index (χ4n) is 2.98. The van der Waals surface area contributed by atoms with E-state index in [2.05, 4.69) is 14.9 Å². The third kappa shape index (κ3) is 2.55. The Labute approximate surface area is 139 Å². The predicted octanol–water partition coefficient (Wildman–Crippen LogP) is 2.02. The van der Waals surface area contributed by atoms with Crippen LogP contribution in [0.1, 0.15) is 19.5 Å². The minimum absolute atomic E-state index is 0.460. The minimum atomic E-state index is -1.10. The van der Waals surface area contributed by atoms with Crippen LogP contribution < -0.4 is 10.6 Å². The minimum Gasteiger partial charge on any atom is -0.423 e. The van der Waals surface area contributed by atoms with Gasteiger partial charge in [-0.25, -0.2) is 4.98 Å². The number of nitrogen functional groups attached to an aromatic ring is 1. The summed E-state index contributed by atoms with van der Waals surface area (Å²) in [5, 5.41) is 11.1. The van der Waals surface area contributed by atoms with Crippen LogP contribution in [0, 0.1) is 0 Å². The van der Waals surface area contributed by atoms with Gasteiger partial charge in [0.25, 0.3) is 6.01 Å². The molecular formula is C17H20N4O3. The third-order valence-electron chi connectivity index (χ3n) is 4.20. The highest BCUT2D eigenvalue weighted by Gasteiger charge is 2.22. The summed E-state index contributed by atoms with van der Waals surface area (Å²) in [6, 6.07) is 6.16. The molecule has 24 heavy (non-hydrogen) atoms. The van der Waals surface area contributed by atoms with Crippen molar-refractivity contribution in [2.45, 2.75) is 19.4 Å². The second-order valence-corrected chi connectivity index (χ2v) is 6.59. The van der Waals surface area contributed by atoms with E-state index in [1.165, 1.54) is 0 Å². The second kappa shape index (κ2) is 5.32. The summed E-state index contributed by atoms with van der Waals surface area (Å²) in [7, 11) is 0. The molecule has 0 saturated carbocycles. The lowest BCUT2D eigenvalue weighted by atomic mass is 10.0. The molecule has 0 aliphatic carbocycles. The Morgan fingerprint density at radius 3 is 2.58 bits per heavy atom. The molecule has 1 aliphatic rings. The van der Waals surface area contributed by atoms with Crippen LogP contribution in [0.2, 0.25) is 0 Å². The first-order valence-corrected chi connectivity index (χ1v) is 7.98. The Bertz CT molecular complexity index is 907. The van der Waals surface area contributed by atoms with Gasteiger partial charge in [-0.15, -0.1) is 0 Å². The van der Waals surface area contributed by atoms with Crippen molar-refractivity contribution in [2.24, 2.45) is 0 Å². The fraction of sp³-hybridized carbons (Fsp3) is 0.412. The molecule has 1 aliphatic heterocycles. The van der Waals surface area contributed by atoms with Gasteiger partial charge in [0.05, 0.1) is 30.1 Å². The maximum atomic E-state index is 10.2. The number of aliphatic hydroxyl groups is 1. The topological polar surface area (TPSA) is 97.6 Å². The quantitative estimate of drug-likeness (QED) is 0.742. The number of oxazole rings is 1. The van der Waals surface area contributed by atoms with Crippen LogP contribution in [0.15, 0.2) is 22.6 Å². The Morgan fingerprint density at radius 1 is 1.12 bits per heavy atom. The number of hydrogen-bond donors (Lipinski definition) is 2. The van der Waals surface area contributed by atoms with E-state index in [1.807, 2.05) is 18.2 Å². The molecule has 0 atom stereocenters. The van der Waals surface area contributed by atoms with Crippen LogP contribution in [0.4, 0.5) is 11.7 Å². The number of pyridine rings is 1. The van der Waals surface area contributed by atoms with Gasteiger partial charge in [0.2, 0.25) is 0 Å². The molecule has 1 aromatic carbocycles. The molecule has 0 radical (unpaired) electrons. The molecule has 0 amide bonds. The first-order chi connectivity index (χ1) is 11.4. The first-order valence-electron chi connectivity index (χ1n) is 7.98. The van der Waals surface area contributed by atoms with Crippen molar-refractivity contribution in [1.29, 1.82) is 0 Å². The summed E-state index contributed by atoms with van der Waals surface area (Å²) in [4.78, 5) is 11.2. The Hall–Kier alpha value is -2.38. The monoisotopic (exact) mass is 328 g/mol. The van der Waals surface area contributed by atoms with Crippen LogP contribution in [0.25, 0.3) is 22.0 Å². The number of rotatable bonds is 2. The first kappa shape index (κ1) is 15.2. The highest BCUT2D eigenvalue weighted by molar-refractivity contribution is 5.94. The second-order valence-electron chi connectivity index (χ2n) is 6.59. The zero-order valence-corrected chi connectivity index (χ0v) is 13.7. The summed E-state index contributed by atoms with van der Waals surface area (Å²) in [6.07, 6.45) is 0. The summed E-state index contributed by atoms with van der Waals surface area (Å²) in [5.74, 6) is 0. The van der Waals surface area contributed by atoms with Gasteiger partial charge >= 0.3 is 0 Å². The summed E-state index contributed by atoms with van der Waals surface area (Å²) in [6.45, 7) is 6.22. The van der Waals surface area contributed by atoms with E-state index >= 15 is 0 Å². The highest BCUT2D eigenvalue weighted by atomic mass is 16.5. The van der Waals surface area contributed by atoms with E-state index in [-0.39, 0.29) is 0 Å². The van der Waals surface area contributed by atoms with Crippen LogP contribution in [-0.2, 0) is 10.3 Å². The van der Waals surface area contributed by atoms with Gasteiger partial charge in [-0.1, -0.05) is 0 Å². The lowest BCUT2D eigenvalue weighted by Gasteiger charge is -2.24.